The second-order valence-electron chi connectivity index (χ2n) is 7.13. The quantitative estimate of drug-likeness (QED) is 0.815. The molecule has 1 aromatic rings. The highest BCUT2D eigenvalue weighted by Crippen LogP contribution is 2.42. The van der Waals surface area contributed by atoms with Crippen LogP contribution in [-0.4, -0.2) is 34.8 Å². The van der Waals surface area contributed by atoms with Gasteiger partial charge in [-0.3, -0.25) is 14.5 Å². The fraction of sp³-hybridized carbons (Fsp3) is 0.500. The van der Waals surface area contributed by atoms with Crippen LogP contribution in [0.2, 0.25) is 0 Å². The van der Waals surface area contributed by atoms with E-state index in [1.54, 1.807) is 13.0 Å². The Morgan fingerprint density at radius 3 is 2.71 bits per heavy atom. The van der Waals surface area contributed by atoms with Crippen LogP contribution in [0.1, 0.15) is 45.1 Å². The maximum atomic E-state index is 12.5. The van der Waals surface area contributed by atoms with Crippen LogP contribution in [0.3, 0.4) is 0 Å². The molecule has 6 nitrogen and oxygen atoms in total. The normalized spacial score (nSPS) is 23.6. The lowest BCUT2D eigenvalue weighted by molar-refractivity contribution is -0.134. The molecule has 0 aromatic heterocycles. The Bertz CT molecular complexity index is 697. The molecule has 1 heterocycles. The molecule has 0 radical (unpaired) electrons. The van der Waals surface area contributed by atoms with Crippen molar-refractivity contribution in [2.24, 2.45) is 5.92 Å². The van der Waals surface area contributed by atoms with Gasteiger partial charge in [-0.2, -0.15) is 0 Å². The minimum absolute atomic E-state index is 0.185. The molecule has 1 saturated heterocycles. The summed E-state index contributed by atoms with van der Waals surface area (Å²) >= 11 is 0. The zero-order valence-electron chi connectivity index (χ0n) is 14.3. The summed E-state index contributed by atoms with van der Waals surface area (Å²) in [5.74, 6) is -0.141. The predicted molar refractivity (Wildman–Crippen MR) is 90.5 cm³/mol. The fourth-order valence-electron chi connectivity index (χ4n) is 3.12. The first-order valence-corrected chi connectivity index (χ1v) is 8.35. The summed E-state index contributed by atoms with van der Waals surface area (Å²) in [4.78, 5) is 37.9. The van der Waals surface area contributed by atoms with Crippen LogP contribution in [0.5, 0.6) is 0 Å². The molecule has 1 saturated carbocycles. The molecule has 24 heavy (non-hydrogen) atoms. The Morgan fingerprint density at radius 2 is 2.08 bits per heavy atom. The summed E-state index contributed by atoms with van der Waals surface area (Å²) in [5, 5.41) is 5.51. The van der Waals surface area contributed by atoms with Crippen molar-refractivity contribution < 1.29 is 14.4 Å². The minimum atomic E-state index is -0.852. The maximum Gasteiger partial charge on any atom is 0.325 e. The predicted octanol–water partition coefficient (Wildman–Crippen LogP) is 2.47. The molecule has 1 aliphatic heterocycles. The summed E-state index contributed by atoms with van der Waals surface area (Å²) in [6.45, 7) is 5.63. The summed E-state index contributed by atoms with van der Waals surface area (Å²) < 4.78 is 0. The SMILES string of the molecule is CC(C)c1cccc(NC(=O)CN2C(=O)NC(C)(C3CC3)C2=O)c1. The van der Waals surface area contributed by atoms with E-state index in [9.17, 15) is 14.4 Å². The van der Waals surface area contributed by atoms with E-state index < -0.39 is 11.6 Å². The zero-order chi connectivity index (χ0) is 17.5. The van der Waals surface area contributed by atoms with Crippen LogP contribution in [0, 0.1) is 5.92 Å². The number of rotatable bonds is 5. The lowest BCUT2D eigenvalue weighted by Gasteiger charge is -2.20. The van der Waals surface area contributed by atoms with Crippen molar-refractivity contribution in [2.45, 2.75) is 45.1 Å². The number of carbonyl (C=O) groups excluding carboxylic acids is 3. The topological polar surface area (TPSA) is 78.5 Å². The average Bonchev–Trinajstić information content (AvgIpc) is 3.34. The molecule has 1 unspecified atom stereocenters. The van der Waals surface area contributed by atoms with E-state index in [1.165, 1.54) is 0 Å². The Hall–Kier alpha value is -2.37. The van der Waals surface area contributed by atoms with Crippen molar-refractivity contribution >= 4 is 23.5 Å². The lowest BCUT2D eigenvalue weighted by atomic mass is 9.96. The first-order chi connectivity index (χ1) is 11.3. The molecule has 0 bridgehead atoms. The van der Waals surface area contributed by atoms with Gasteiger partial charge in [0.05, 0.1) is 0 Å². The van der Waals surface area contributed by atoms with E-state index >= 15 is 0 Å². The van der Waals surface area contributed by atoms with Gasteiger partial charge >= 0.3 is 6.03 Å². The van der Waals surface area contributed by atoms with E-state index in [0.717, 1.165) is 23.3 Å². The molecule has 1 aromatic carbocycles. The molecule has 1 atom stereocenters. The van der Waals surface area contributed by atoms with Gasteiger partial charge in [-0.05, 0) is 49.3 Å². The molecule has 3 rings (SSSR count). The fourth-order valence-corrected chi connectivity index (χ4v) is 3.12. The van der Waals surface area contributed by atoms with Gasteiger partial charge < -0.3 is 10.6 Å². The Balaban J connectivity index is 1.66. The maximum absolute atomic E-state index is 12.5. The monoisotopic (exact) mass is 329 g/mol. The third-order valence-corrected chi connectivity index (χ3v) is 4.83. The Morgan fingerprint density at radius 1 is 1.38 bits per heavy atom. The summed E-state index contributed by atoms with van der Waals surface area (Å²) in [7, 11) is 0. The smallest absolute Gasteiger partial charge is 0.325 e. The third kappa shape index (κ3) is 3.00. The summed E-state index contributed by atoms with van der Waals surface area (Å²) in [5.41, 5.74) is 0.932. The van der Waals surface area contributed by atoms with Crippen molar-refractivity contribution in [1.82, 2.24) is 10.2 Å². The molecule has 0 spiro atoms. The molecule has 1 aliphatic carbocycles. The van der Waals surface area contributed by atoms with Gasteiger partial charge in [0.25, 0.3) is 5.91 Å². The average molecular weight is 329 g/mol. The van der Waals surface area contributed by atoms with Crippen LogP contribution in [0.15, 0.2) is 24.3 Å². The van der Waals surface area contributed by atoms with E-state index in [-0.39, 0.29) is 24.3 Å². The zero-order valence-corrected chi connectivity index (χ0v) is 14.3. The van der Waals surface area contributed by atoms with Crippen LogP contribution >= 0.6 is 0 Å². The molecule has 2 fully saturated rings. The summed E-state index contributed by atoms with van der Waals surface area (Å²) in [6.07, 6.45) is 1.87. The van der Waals surface area contributed by atoms with Crippen molar-refractivity contribution in [3.63, 3.8) is 0 Å². The van der Waals surface area contributed by atoms with Gasteiger partial charge in [0.15, 0.2) is 0 Å². The molecule has 4 amide bonds. The molecular weight excluding hydrogens is 306 g/mol. The van der Waals surface area contributed by atoms with E-state index in [1.807, 2.05) is 18.2 Å². The van der Waals surface area contributed by atoms with Gasteiger partial charge in [0.2, 0.25) is 5.91 Å². The van der Waals surface area contributed by atoms with E-state index in [4.69, 9.17) is 0 Å². The standard InChI is InChI=1S/C18H23N3O3/c1-11(2)12-5-4-6-14(9-12)19-15(22)10-21-16(23)18(3,13-7-8-13)20-17(21)24/h4-6,9,11,13H,7-8,10H2,1-3H3,(H,19,22)(H,20,24). The molecule has 2 N–H and O–H groups in total. The highest BCUT2D eigenvalue weighted by Gasteiger charge is 2.56. The number of urea groups is 1. The highest BCUT2D eigenvalue weighted by molar-refractivity contribution is 6.10. The van der Waals surface area contributed by atoms with Crippen LogP contribution in [-0.2, 0) is 9.59 Å². The number of carbonyl (C=O) groups is 3. The number of imide groups is 1. The first-order valence-electron chi connectivity index (χ1n) is 8.35. The van der Waals surface area contributed by atoms with Crippen LogP contribution in [0.4, 0.5) is 10.5 Å². The molecular formula is C18H23N3O3. The molecule has 128 valence electrons. The highest BCUT2D eigenvalue weighted by atomic mass is 16.2. The van der Waals surface area contributed by atoms with Crippen molar-refractivity contribution in [3.8, 4) is 0 Å². The van der Waals surface area contributed by atoms with Gasteiger partial charge in [-0.25, -0.2) is 4.79 Å². The van der Waals surface area contributed by atoms with Crippen molar-refractivity contribution in [2.75, 3.05) is 11.9 Å². The Labute approximate surface area is 141 Å². The largest absolute Gasteiger partial charge is 0.325 e. The van der Waals surface area contributed by atoms with Gasteiger partial charge in [0, 0.05) is 5.69 Å². The number of anilines is 1. The number of amides is 4. The number of nitrogens with one attached hydrogen (secondary N) is 2. The number of benzene rings is 1. The van der Waals surface area contributed by atoms with Crippen molar-refractivity contribution in [1.29, 1.82) is 0 Å². The minimum Gasteiger partial charge on any atom is -0.325 e. The van der Waals surface area contributed by atoms with Crippen molar-refractivity contribution in [3.05, 3.63) is 29.8 Å². The van der Waals surface area contributed by atoms with Crippen LogP contribution < -0.4 is 10.6 Å². The first kappa shape index (κ1) is 16.5. The van der Waals surface area contributed by atoms with Gasteiger partial charge in [-0.15, -0.1) is 0 Å². The van der Waals surface area contributed by atoms with E-state index in [0.29, 0.717) is 11.6 Å². The van der Waals surface area contributed by atoms with Gasteiger partial charge in [0.1, 0.15) is 12.1 Å². The third-order valence-electron chi connectivity index (χ3n) is 4.83. The molecule has 2 aliphatic rings. The van der Waals surface area contributed by atoms with Gasteiger partial charge in [-0.1, -0.05) is 26.0 Å². The second-order valence-corrected chi connectivity index (χ2v) is 7.13. The number of nitrogens with zero attached hydrogens (tertiary/aromatic N) is 1. The van der Waals surface area contributed by atoms with E-state index in [2.05, 4.69) is 24.5 Å². The lowest BCUT2D eigenvalue weighted by Crippen LogP contribution is -2.46. The summed E-state index contributed by atoms with van der Waals surface area (Å²) in [6, 6.07) is 7.09. The number of hydrogen-bond donors (Lipinski definition) is 2. The number of hydrogen-bond acceptors (Lipinski definition) is 3. The van der Waals surface area contributed by atoms with Crippen LogP contribution in [0.25, 0.3) is 0 Å². The second kappa shape index (κ2) is 5.92. The molecule has 6 heteroatoms. The Kier molecular flexibility index (Phi) is 4.07.